The number of carbonyl (C=O) groups is 2. The van der Waals surface area contributed by atoms with E-state index in [0.29, 0.717) is 17.0 Å². The molecule has 0 atom stereocenters. The molecule has 2 amide bonds. The molecule has 0 bridgehead atoms. The summed E-state index contributed by atoms with van der Waals surface area (Å²) in [6.45, 7) is 0. The summed E-state index contributed by atoms with van der Waals surface area (Å²) in [6, 6.07) is 10.9. The number of hydrogen-bond donors (Lipinski definition) is 2. The molecule has 170 valence electrons. The lowest BCUT2D eigenvalue weighted by Gasteiger charge is -2.57. The van der Waals surface area contributed by atoms with Crippen molar-refractivity contribution in [2.24, 2.45) is 11.1 Å². The Morgan fingerprint density at radius 3 is 2.76 bits per heavy atom. The summed E-state index contributed by atoms with van der Waals surface area (Å²) in [7, 11) is 1.61. The van der Waals surface area contributed by atoms with Gasteiger partial charge in [-0.05, 0) is 55.4 Å². The molecule has 3 aromatic rings. The molecule has 2 aliphatic rings. The Hall–Kier alpha value is -3.88. The zero-order valence-corrected chi connectivity index (χ0v) is 18.2. The first kappa shape index (κ1) is 21.0. The summed E-state index contributed by atoms with van der Waals surface area (Å²) in [5.74, 6) is 0.344. The highest BCUT2D eigenvalue weighted by molar-refractivity contribution is 5.95. The maximum Gasteiger partial charge on any atom is 0.254 e. The van der Waals surface area contributed by atoms with E-state index >= 15 is 0 Å². The van der Waals surface area contributed by atoms with Gasteiger partial charge in [0.2, 0.25) is 5.88 Å². The van der Waals surface area contributed by atoms with Gasteiger partial charge in [0.05, 0.1) is 24.6 Å². The Bertz CT molecular complexity index is 1190. The smallest absolute Gasteiger partial charge is 0.254 e. The number of benzene rings is 1. The van der Waals surface area contributed by atoms with Gasteiger partial charge in [-0.3, -0.25) is 9.59 Å². The lowest BCUT2D eigenvalue weighted by molar-refractivity contribution is -0.0848. The highest BCUT2D eigenvalue weighted by Gasteiger charge is 2.54. The summed E-state index contributed by atoms with van der Waals surface area (Å²) >= 11 is 0. The van der Waals surface area contributed by atoms with E-state index in [1.165, 1.54) is 0 Å². The fraction of sp³-hybridized carbons (Fsp3) is 0.333. The monoisotopic (exact) mass is 447 g/mol. The van der Waals surface area contributed by atoms with Gasteiger partial charge in [0, 0.05) is 24.5 Å². The highest BCUT2D eigenvalue weighted by atomic mass is 16.5. The topological polar surface area (TPSA) is 121 Å². The van der Waals surface area contributed by atoms with Crippen LogP contribution in [0, 0.1) is 5.41 Å². The average Bonchev–Trinajstić information content (AvgIpc) is 3.27. The van der Waals surface area contributed by atoms with Gasteiger partial charge in [-0.2, -0.15) is 5.10 Å². The molecular formula is C24H25N5O4. The van der Waals surface area contributed by atoms with Gasteiger partial charge < -0.3 is 20.5 Å². The van der Waals surface area contributed by atoms with Gasteiger partial charge in [0.15, 0.2) is 0 Å². The number of nitrogens with one attached hydrogen (secondary N) is 1. The van der Waals surface area contributed by atoms with Crippen molar-refractivity contribution >= 4 is 11.8 Å². The number of carbonyl (C=O) groups excluding carboxylic acids is 2. The Kier molecular flexibility index (Phi) is 5.24. The molecule has 0 radical (unpaired) electrons. The van der Waals surface area contributed by atoms with E-state index < -0.39 is 5.91 Å². The van der Waals surface area contributed by atoms with Crippen LogP contribution in [-0.2, 0) is 0 Å². The number of amides is 2. The van der Waals surface area contributed by atoms with Crippen LogP contribution in [0.3, 0.4) is 0 Å². The third-order valence-electron chi connectivity index (χ3n) is 6.49. The number of nitrogens with two attached hydrogens (primary N) is 1. The van der Waals surface area contributed by atoms with Crippen LogP contribution in [0.5, 0.6) is 11.6 Å². The van der Waals surface area contributed by atoms with Crippen LogP contribution >= 0.6 is 0 Å². The van der Waals surface area contributed by atoms with Crippen LogP contribution in [-0.4, -0.2) is 45.8 Å². The minimum absolute atomic E-state index is 0.00995. The first-order valence-electron chi connectivity index (χ1n) is 10.9. The van der Waals surface area contributed by atoms with Crippen LogP contribution in [0.25, 0.3) is 5.69 Å². The van der Waals surface area contributed by atoms with Gasteiger partial charge in [0.1, 0.15) is 17.4 Å². The van der Waals surface area contributed by atoms with Crippen molar-refractivity contribution in [2.75, 3.05) is 7.11 Å². The summed E-state index contributed by atoms with van der Waals surface area (Å²) < 4.78 is 12.8. The molecule has 1 spiro atoms. The zero-order chi connectivity index (χ0) is 23.0. The number of primary amides is 1. The van der Waals surface area contributed by atoms with Crippen molar-refractivity contribution in [3.8, 4) is 17.3 Å². The van der Waals surface area contributed by atoms with E-state index in [4.69, 9.17) is 15.2 Å². The number of hydrogen-bond acceptors (Lipinski definition) is 6. The maximum atomic E-state index is 12.7. The van der Waals surface area contributed by atoms with Gasteiger partial charge in [-0.15, -0.1) is 0 Å². The predicted octanol–water partition coefficient (Wildman–Crippen LogP) is 2.49. The van der Waals surface area contributed by atoms with Crippen molar-refractivity contribution in [1.29, 1.82) is 0 Å². The molecule has 3 N–H and O–H groups in total. The molecule has 2 saturated carbocycles. The minimum Gasteiger partial charge on any atom is -0.497 e. The fourth-order valence-corrected chi connectivity index (χ4v) is 4.84. The SMILES string of the molecule is COc1cccc(-n2cc(C(=O)NC3CC4(C3)CC(Oc3ncccc3C(N)=O)C4)cn2)c1. The number of ether oxygens (including phenoxy) is 2. The second-order valence-electron chi connectivity index (χ2n) is 8.82. The van der Waals surface area contributed by atoms with Crippen LogP contribution in [0.1, 0.15) is 46.4 Å². The fourth-order valence-electron chi connectivity index (χ4n) is 4.84. The van der Waals surface area contributed by atoms with E-state index in [-0.39, 0.29) is 23.5 Å². The first-order chi connectivity index (χ1) is 15.9. The van der Waals surface area contributed by atoms with E-state index in [2.05, 4.69) is 15.4 Å². The zero-order valence-electron chi connectivity index (χ0n) is 18.2. The minimum atomic E-state index is -0.548. The van der Waals surface area contributed by atoms with Crippen molar-refractivity contribution < 1.29 is 19.1 Å². The standard InChI is InChI=1S/C24H25N5O4/c1-32-18-5-2-4-17(8-18)29-14-15(13-27-29)22(31)28-16-9-24(10-16)11-19(12-24)33-23-20(21(25)30)6-3-7-26-23/h2-8,13-14,16,19H,9-12H2,1H3,(H2,25,30)(H,28,31). The highest BCUT2D eigenvalue weighted by Crippen LogP contribution is 2.56. The van der Waals surface area contributed by atoms with Crippen LogP contribution in [0.4, 0.5) is 0 Å². The molecule has 9 nitrogen and oxygen atoms in total. The molecule has 1 aromatic carbocycles. The summed E-state index contributed by atoms with van der Waals surface area (Å²) in [5.41, 5.74) is 7.22. The Balaban J connectivity index is 1.12. The molecule has 0 aliphatic heterocycles. The summed E-state index contributed by atoms with van der Waals surface area (Å²) in [6.07, 6.45) is 8.46. The van der Waals surface area contributed by atoms with Crippen LogP contribution in [0.15, 0.2) is 55.0 Å². The largest absolute Gasteiger partial charge is 0.497 e. The number of nitrogens with zero attached hydrogens (tertiary/aromatic N) is 3. The van der Waals surface area contributed by atoms with E-state index in [1.807, 2.05) is 24.3 Å². The number of aromatic nitrogens is 3. The summed E-state index contributed by atoms with van der Waals surface area (Å²) in [4.78, 5) is 28.3. The second-order valence-corrected chi connectivity index (χ2v) is 8.82. The molecule has 5 rings (SSSR count). The predicted molar refractivity (Wildman–Crippen MR) is 119 cm³/mol. The normalized spacial score (nSPS) is 23.3. The van der Waals surface area contributed by atoms with Gasteiger partial charge in [0.25, 0.3) is 11.8 Å². The molecule has 33 heavy (non-hydrogen) atoms. The van der Waals surface area contributed by atoms with E-state index in [9.17, 15) is 9.59 Å². The molecule has 2 fully saturated rings. The maximum absolute atomic E-state index is 12.7. The molecule has 2 aliphatic carbocycles. The van der Waals surface area contributed by atoms with Gasteiger partial charge >= 0.3 is 0 Å². The quantitative estimate of drug-likeness (QED) is 0.574. The number of pyridine rings is 1. The van der Waals surface area contributed by atoms with E-state index in [0.717, 1.165) is 37.1 Å². The number of methoxy groups -OCH3 is 1. The van der Waals surface area contributed by atoms with Crippen LogP contribution in [0.2, 0.25) is 0 Å². The Morgan fingerprint density at radius 2 is 2.00 bits per heavy atom. The third kappa shape index (κ3) is 4.13. The molecule has 0 unspecified atom stereocenters. The van der Waals surface area contributed by atoms with E-state index in [1.54, 1.807) is 42.5 Å². The van der Waals surface area contributed by atoms with Crippen LogP contribution < -0.4 is 20.5 Å². The second kappa shape index (κ2) is 8.23. The van der Waals surface area contributed by atoms with Gasteiger partial charge in [-0.25, -0.2) is 9.67 Å². The van der Waals surface area contributed by atoms with Crippen molar-refractivity contribution in [3.05, 3.63) is 66.1 Å². The molecule has 9 heteroatoms. The Morgan fingerprint density at radius 1 is 1.18 bits per heavy atom. The lowest BCUT2D eigenvalue weighted by atomic mass is 9.53. The third-order valence-corrected chi connectivity index (χ3v) is 6.49. The van der Waals surface area contributed by atoms with Crippen molar-refractivity contribution in [3.63, 3.8) is 0 Å². The van der Waals surface area contributed by atoms with Crippen molar-refractivity contribution in [2.45, 2.75) is 37.8 Å². The molecule has 0 saturated heterocycles. The number of rotatable bonds is 7. The Labute approximate surface area is 190 Å². The molecular weight excluding hydrogens is 422 g/mol. The first-order valence-corrected chi connectivity index (χ1v) is 10.9. The van der Waals surface area contributed by atoms with Crippen molar-refractivity contribution in [1.82, 2.24) is 20.1 Å². The average molecular weight is 447 g/mol. The lowest BCUT2D eigenvalue weighted by Crippen LogP contribution is -2.58. The molecule has 2 heterocycles. The summed E-state index contributed by atoms with van der Waals surface area (Å²) in [5, 5.41) is 7.40. The molecule has 2 aromatic heterocycles. The van der Waals surface area contributed by atoms with Gasteiger partial charge in [-0.1, -0.05) is 6.07 Å².